The van der Waals surface area contributed by atoms with Crippen LogP contribution in [0.15, 0.2) is 30.3 Å². The maximum atomic E-state index is 12.0. The summed E-state index contributed by atoms with van der Waals surface area (Å²) in [5.74, 6) is -1.33. The van der Waals surface area contributed by atoms with E-state index in [-0.39, 0.29) is 12.4 Å². The fraction of sp³-hybridized carbons (Fsp3) is 0.588. The Balaban J connectivity index is 2.03. The predicted octanol–water partition coefficient (Wildman–Crippen LogP) is 1.92. The number of aliphatic hydroxyl groups excluding tert-OH is 1. The van der Waals surface area contributed by atoms with E-state index in [0.29, 0.717) is 13.2 Å². The first-order valence-corrected chi connectivity index (χ1v) is 7.51. The van der Waals surface area contributed by atoms with Crippen LogP contribution in [-0.4, -0.2) is 42.1 Å². The molecule has 5 nitrogen and oxygen atoms in total. The van der Waals surface area contributed by atoms with Gasteiger partial charge in [0, 0.05) is 0 Å². The number of ketones is 1. The molecular formula is C17H24O5. The van der Waals surface area contributed by atoms with Gasteiger partial charge in [-0.15, -0.1) is 0 Å². The summed E-state index contributed by atoms with van der Waals surface area (Å²) in [5.41, 5.74) is 0.993. The van der Waals surface area contributed by atoms with E-state index in [1.807, 2.05) is 44.2 Å². The van der Waals surface area contributed by atoms with E-state index < -0.39 is 23.9 Å². The van der Waals surface area contributed by atoms with Crippen molar-refractivity contribution in [1.29, 1.82) is 0 Å². The lowest BCUT2D eigenvalue weighted by Gasteiger charge is -2.28. The van der Waals surface area contributed by atoms with Crippen LogP contribution in [0.1, 0.15) is 26.3 Å². The standard InChI is InChI=1S/C17H24O5/c1-12(19)16(15-11-21-17(2,3)22-15)14(9-18)20-10-13-7-5-4-6-8-13/h4-8,14-16,18H,9-11H2,1-3H3/t14-,15-,16-/m0/s1. The highest BCUT2D eigenvalue weighted by molar-refractivity contribution is 5.79. The van der Waals surface area contributed by atoms with E-state index in [1.54, 1.807) is 0 Å². The summed E-state index contributed by atoms with van der Waals surface area (Å²) < 4.78 is 17.1. The highest BCUT2D eigenvalue weighted by Crippen LogP contribution is 2.30. The van der Waals surface area contributed by atoms with E-state index in [4.69, 9.17) is 14.2 Å². The summed E-state index contributed by atoms with van der Waals surface area (Å²) in [5, 5.41) is 9.64. The van der Waals surface area contributed by atoms with E-state index >= 15 is 0 Å². The summed E-state index contributed by atoms with van der Waals surface area (Å²) >= 11 is 0. The lowest BCUT2D eigenvalue weighted by atomic mass is 9.92. The molecule has 2 rings (SSSR count). The quantitative estimate of drug-likeness (QED) is 0.833. The Morgan fingerprint density at radius 3 is 2.59 bits per heavy atom. The summed E-state index contributed by atoms with van der Waals surface area (Å²) in [6, 6.07) is 9.65. The van der Waals surface area contributed by atoms with Gasteiger partial charge in [0.05, 0.1) is 37.9 Å². The molecule has 0 aliphatic carbocycles. The minimum Gasteiger partial charge on any atom is -0.394 e. The van der Waals surface area contributed by atoms with E-state index in [0.717, 1.165) is 5.56 Å². The SMILES string of the molecule is CC(=O)[C@@H]([C@H](CO)OCc1ccccc1)[C@@H]1COC(C)(C)O1. The first-order chi connectivity index (χ1) is 10.4. The van der Waals surface area contributed by atoms with Gasteiger partial charge in [-0.25, -0.2) is 0 Å². The summed E-state index contributed by atoms with van der Waals surface area (Å²) in [4.78, 5) is 12.0. The normalized spacial score (nSPS) is 23.2. The smallest absolute Gasteiger partial charge is 0.163 e. The fourth-order valence-corrected chi connectivity index (χ4v) is 2.70. The summed E-state index contributed by atoms with van der Waals surface area (Å²) in [6.45, 7) is 5.53. The Bertz CT molecular complexity index is 485. The molecule has 22 heavy (non-hydrogen) atoms. The van der Waals surface area contributed by atoms with Gasteiger partial charge in [0.15, 0.2) is 5.79 Å². The number of hydrogen-bond acceptors (Lipinski definition) is 5. The molecule has 1 heterocycles. The zero-order valence-corrected chi connectivity index (χ0v) is 13.3. The zero-order valence-electron chi connectivity index (χ0n) is 13.3. The van der Waals surface area contributed by atoms with Crippen molar-refractivity contribution in [2.75, 3.05) is 13.2 Å². The Kier molecular flexibility index (Phi) is 5.69. The van der Waals surface area contributed by atoms with Crippen molar-refractivity contribution in [2.45, 2.75) is 45.4 Å². The molecule has 0 bridgehead atoms. The van der Waals surface area contributed by atoms with Gasteiger partial charge >= 0.3 is 0 Å². The molecule has 0 radical (unpaired) electrons. The highest BCUT2D eigenvalue weighted by atomic mass is 16.7. The summed E-state index contributed by atoms with van der Waals surface area (Å²) in [6.07, 6.45) is -1.01. The van der Waals surface area contributed by atoms with Crippen molar-refractivity contribution in [1.82, 2.24) is 0 Å². The molecule has 1 saturated heterocycles. The molecule has 1 aliphatic heterocycles. The molecule has 1 fully saturated rings. The maximum Gasteiger partial charge on any atom is 0.163 e. The molecule has 1 aromatic rings. The van der Waals surface area contributed by atoms with Crippen molar-refractivity contribution in [2.24, 2.45) is 5.92 Å². The largest absolute Gasteiger partial charge is 0.394 e. The Labute approximate surface area is 131 Å². The zero-order chi connectivity index (χ0) is 16.2. The van der Waals surface area contributed by atoms with Crippen LogP contribution < -0.4 is 0 Å². The monoisotopic (exact) mass is 308 g/mol. The van der Waals surface area contributed by atoms with E-state index in [9.17, 15) is 9.90 Å². The molecule has 5 heteroatoms. The van der Waals surface area contributed by atoms with Crippen LogP contribution in [-0.2, 0) is 25.6 Å². The second kappa shape index (κ2) is 7.33. The number of rotatable bonds is 7. The Hall–Kier alpha value is -1.27. The topological polar surface area (TPSA) is 65.0 Å². The number of benzene rings is 1. The number of carbonyl (C=O) groups is 1. The fourth-order valence-electron chi connectivity index (χ4n) is 2.70. The molecule has 122 valence electrons. The van der Waals surface area contributed by atoms with Crippen molar-refractivity contribution in [3.05, 3.63) is 35.9 Å². The minimum absolute atomic E-state index is 0.0709. The lowest BCUT2D eigenvalue weighted by molar-refractivity contribution is -0.161. The highest BCUT2D eigenvalue weighted by Gasteiger charge is 2.43. The average molecular weight is 308 g/mol. The van der Waals surface area contributed by atoms with Gasteiger partial charge in [0.2, 0.25) is 0 Å². The molecule has 1 N–H and O–H groups in total. The lowest BCUT2D eigenvalue weighted by Crippen LogP contribution is -2.42. The second-order valence-electron chi connectivity index (χ2n) is 6.02. The minimum atomic E-state index is -0.711. The predicted molar refractivity (Wildman–Crippen MR) is 81.2 cm³/mol. The molecule has 0 saturated carbocycles. The van der Waals surface area contributed by atoms with Crippen LogP contribution >= 0.6 is 0 Å². The van der Waals surface area contributed by atoms with Crippen molar-refractivity contribution < 1.29 is 24.1 Å². The van der Waals surface area contributed by atoms with Gasteiger partial charge in [-0.2, -0.15) is 0 Å². The molecule has 0 amide bonds. The van der Waals surface area contributed by atoms with Gasteiger partial charge in [-0.3, -0.25) is 4.79 Å². The number of aliphatic hydroxyl groups is 1. The molecular weight excluding hydrogens is 284 g/mol. The van der Waals surface area contributed by atoms with Gasteiger partial charge in [-0.1, -0.05) is 30.3 Å². The molecule has 0 aromatic heterocycles. The van der Waals surface area contributed by atoms with Crippen LogP contribution in [0.25, 0.3) is 0 Å². The molecule has 0 unspecified atom stereocenters. The van der Waals surface area contributed by atoms with Crippen LogP contribution in [0, 0.1) is 5.92 Å². The van der Waals surface area contributed by atoms with E-state index in [1.165, 1.54) is 6.92 Å². The first kappa shape index (κ1) is 17.1. The van der Waals surface area contributed by atoms with Crippen LogP contribution in [0.5, 0.6) is 0 Å². The first-order valence-electron chi connectivity index (χ1n) is 7.51. The molecule has 0 spiro atoms. The third-order valence-corrected chi connectivity index (χ3v) is 3.79. The average Bonchev–Trinajstić information content (AvgIpc) is 2.83. The van der Waals surface area contributed by atoms with Gasteiger partial charge < -0.3 is 19.3 Å². The molecule has 1 aliphatic rings. The maximum absolute atomic E-state index is 12.0. The summed E-state index contributed by atoms with van der Waals surface area (Å²) in [7, 11) is 0. The van der Waals surface area contributed by atoms with Crippen LogP contribution in [0.4, 0.5) is 0 Å². The van der Waals surface area contributed by atoms with Crippen LogP contribution in [0.3, 0.4) is 0 Å². The molecule has 3 atom stereocenters. The molecule has 1 aromatic carbocycles. The Morgan fingerprint density at radius 1 is 1.41 bits per heavy atom. The van der Waals surface area contributed by atoms with Crippen molar-refractivity contribution in [3.8, 4) is 0 Å². The number of carbonyl (C=O) groups excluding carboxylic acids is 1. The van der Waals surface area contributed by atoms with Gasteiger partial charge in [-0.05, 0) is 26.3 Å². The van der Waals surface area contributed by atoms with Crippen molar-refractivity contribution >= 4 is 5.78 Å². The van der Waals surface area contributed by atoms with Gasteiger partial charge in [0.1, 0.15) is 5.78 Å². The number of hydrogen-bond donors (Lipinski definition) is 1. The van der Waals surface area contributed by atoms with Crippen LogP contribution in [0.2, 0.25) is 0 Å². The van der Waals surface area contributed by atoms with Gasteiger partial charge in [0.25, 0.3) is 0 Å². The second-order valence-corrected chi connectivity index (χ2v) is 6.02. The van der Waals surface area contributed by atoms with E-state index in [2.05, 4.69) is 0 Å². The number of ether oxygens (including phenoxy) is 3. The third-order valence-electron chi connectivity index (χ3n) is 3.79. The third kappa shape index (κ3) is 4.36. The Morgan fingerprint density at radius 2 is 2.09 bits per heavy atom. The number of Topliss-reactive ketones (excluding diaryl/α,β-unsaturated/α-hetero) is 1. The van der Waals surface area contributed by atoms with Crippen molar-refractivity contribution in [3.63, 3.8) is 0 Å².